The summed E-state index contributed by atoms with van der Waals surface area (Å²) >= 11 is 0. The third kappa shape index (κ3) is 10.6. The summed E-state index contributed by atoms with van der Waals surface area (Å²) in [5.41, 5.74) is 6.01. The van der Waals surface area contributed by atoms with Crippen LogP contribution in [0.5, 0.6) is 23.0 Å². The van der Waals surface area contributed by atoms with Crippen LogP contribution in [0, 0.1) is 0 Å². The molecule has 57 heavy (non-hydrogen) atoms. The lowest BCUT2D eigenvalue weighted by Gasteiger charge is -2.46. The van der Waals surface area contributed by atoms with Gasteiger partial charge in [0.05, 0.1) is 80.5 Å². The molecule has 3 aromatic rings. The first-order valence-corrected chi connectivity index (χ1v) is 19.9. The smallest absolute Gasteiger partial charge is 0.331 e. The van der Waals surface area contributed by atoms with Crippen molar-refractivity contribution in [3.8, 4) is 23.0 Å². The first-order chi connectivity index (χ1) is 27.7. The predicted octanol–water partition coefficient (Wildman–Crippen LogP) is 4.22. The minimum absolute atomic E-state index is 0.0312. The number of rotatable bonds is 18. The Morgan fingerprint density at radius 3 is 2.09 bits per heavy atom. The van der Waals surface area contributed by atoms with Crippen molar-refractivity contribution in [3.63, 3.8) is 0 Å². The van der Waals surface area contributed by atoms with Gasteiger partial charge in [-0.2, -0.15) is 0 Å². The number of fused-ring (bicyclic) bond motifs is 2. The molecule has 3 aromatic carbocycles. The van der Waals surface area contributed by atoms with Gasteiger partial charge in [0.25, 0.3) is 0 Å². The molecule has 0 radical (unpaired) electrons. The Morgan fingerprint density at radius 1 is 0.754 bits per heavy atom. The first-order valence-electron chi connectivity index (χ1n) is 19.9. The maximum absolute atomic E-state index is 12.6. The topological polar surface area (TPSA) is 139 Å². The number of methoxy groups -OCH3 is 2. The molecule has 0 spiro atoms. The molecule has 0 aliphatic carbocycles. The van der Waals surface area contributed by atoms with Crippen LogP contribution in [0.2, 0.25) is 0 Å². The third-order valence-corrected chi connectivity index (χ3v) is 11.7. The number of quaternary nitrogens is 2. The Morgan fingerprint density at radius 2 is 1.40 bits per heavy atom. The highest BCUT2D eigenvalue weighted by atomic mass is 16.6. The van der Waals surface area contributed by atoms with E-state index in [1.54, 1.807) is 14.2 Å². The van der Waals surface area contributed by atoms with Crippen molar-refractivity contribution in [1.29, 1.82) is 0 Å². The molecule has 3 aliphatic heterocycles. The van der Waals surface area contributed by atoms with Crippen LogP contribution >= 0.6 is 0 Å². The number of aliphatic hydroxyl groups is 2. The second-order valence-electron chi connectivity index (χ2n) is 15.4. The van der Waals surface area contributed by atoms with Crippen LogP contribution in [0.15, 0.2) is 60.7 Å². The van der Waals surface area contributed by atoms with E-state index in [-0.39, 0.29) is 32.5 Å². The van der Waals surface area contributed by atoms with Crippen molar-refractivity contribution < 1.29 is 61.9 Å². The van der Waals surface area contributed by atoms with Crippen molar-refractivity contribution in [1.82, 2.24) is 0 Å². The van der Waals surface area contributed by atoms with Gasteiger partial charge in [-0.25, -0.2) is 9.59 Å². The molecule has 3 aliphatic rings. The Balaban J connectivity index is 0.990. The molecule has 0 aromatic heterocycles. The number of benzene rings is 3. The SMILES string of the molecule is COc1ccc(C[C@@H]2c3cc(CO)c(CO)cc3CC[N@@+]2(C)CCCOC(=O)/C=C\C(=O)OCCC[N+]2(Cc3ccc4c(c3)OCCO4)CCOCC2)cc1OC. The summed E-state index contributed by atoms with van der Waals surface area (Å²) in [7, 11) is 5.45. The summed E-state index contributed by atoms with van der Waals surface area (Å²) in [6.07, 6.45) is 5.05. The second-order valence-corrected chi connectivity index (χ2v) is 15.4. The van der Waals surface area contributed by atoms with E-state index in [1.165, 1.54) is 11.1 Å². The largest absolute Gasteiger partial charge is 0.493 e. The van der Waals surface area contributed by atoms with E-state index >= 15 is 0 Å². The summed E-state index contributed by atoms with van der Waals surface area (Å²) in [6, 6.07) is 16.2. The fourth-order valence-electron chi connectivity index (χ4n) is 8.44. The maximum atomic E-state index is 12.6. The average molecular weight is 791 g/mol. The molecule has 1 fully saturated rings. The Hall–Kier alpha value is -4.66. The van der Waals surface area contributed by atoms with E-state index in [0.717, 1.165) is 96.1 Å². The average Bonchev–Trinajstić information content (AvgIpc) is 3.24. The lowest BCUT2D eigenvalue weighted by molar-refractivity contribution is -0.947. The van der Waals surface area contributed by atoms with Crippen molar-refractivity contribution in [2.45, 2.75) is 51.5 Å². The van der Waals surface area contributed by atoms with Crippen LogP contribution in [0.3, 0.4) is 0 Å². The third-order valence-electron chi connectivity index (χ3n) is 11.7. The molecule has 6 rings (SSSR count). The van der Waals surface area contributed by atoms with E-state index in [9.17, 15) is 19.8 Å². The number of aliphatic hydroxyl groups excluding tert-OH is 2. The predicted molar refractivity (Wildman–Crippen MR) is 211 cm³/mol. The van der Waals surface area contributed by atoms with Crippen LogP contribution in [0.25, 0.3) is 0 Å². The molecule has 3 heterocycles. The number of carbonyl (C=O) groups is 2. The van der Waals surface area contributed by atoms with Crippen LogP contribution in [-0.2, 0) is 56.4 Å². The van der Waals surface area contributed by atoms with Crippen molar-refractivity contribution in [2.24, 2.45) is 0 Å². The van der Waals surface area contributed by atoms with Crippen LogP contribution in [0.1, 0.15) is 52.3 Å². The number of hydrogen-bond acceptors (Lipinski definition) is 11. The summed E-state index contributed by atoms with van der Waals surface area (Å²) in [6.45, 7) is 7.56. The normalized spacial score (nSPS) is 19.8. The molecule has 308 valence electrons. The highest BCUT2D eigenvalue weighted by Crippen LogP contribution is 2.40. The van der Waals surface area contributed by atoms with Crippen molar-refractivity contribution >= 4 is 11.9 Å². The lowest BCUT2D eigenvalue weighted by Crippen LogP contribution is -2.55. The van der Waals surface area contributed by atoms with Crippen molar-refractivity contribution in [3.05, 3.63) is 94.1 Å². The zero-order chi connectivity index (χ0) is 40.3. The summed E-state index contributed by atoms with van der Waals surface area (Å²) in [5, 5.41) is 20.1. The highest BCUT2D eigenvalue weighted by molar-refractivity contribution is 5.91. The number of esters is 2. The minimum Gasteiger partial charge on any atom is -0.493 e. The Bertz CT molecular complexity index is 1870. The van der Waals surface area contributed by atoms with Gasteiger partial charge in [0.2, 0.25) is 0 Å². The van der Waals surface area contributed by atoms with Gasteiger partial charge in [-0.3, -0.25) is 0 Å². The number of morpholine rings is 1. The molecule has 1 saturated heterocycles. The number of hydrogen-bond donors (Lipinski definition) is 2. The first kappa shape index (κ1) is 42.0. The summed E-state index contributed by atoms with van der Waals surface area (Å²) in [4.78, 5) is 25.1. The molecular weight excluding hydrogens is 732 g/mol. The van der Waals surface area contributed by atoms with Gasteiger partial charge < -0.3 is 52.3 Å². The molecule has 0 amide bonds. The summed E-state index contributed by atoms with van der Waals surface area (Å²) < 4.78 is 40.7. The van der Waals surface area contributed by atoms with E-state index < -0.39 is 11.9 Å². The fourth-order valence-corrected chi connectivity index (χ4v) is 8.44. The van der Waals surface area contributed by atoms with Gasteiger partial charge in [-0.1, -0.05) is 12.1 Å². The number of ether oxygens (including phenoxy) is 7. The van der Waals surface area contributed by atoms with Crippen LogP contribution in [-0.4, -0.2) is 125 Å². The van der Waals surface area contributed by atoms with Gasteiger partial charge in [-0.15, -0.1) is 0 Å². The molecule has 2 N–H and O–H groups in total. The minimum atomic E-state index is -0.596. The van der Waals surface area contributed by atoms with Gasteiger partial charge >= 0.3 is 11.9 Å². The van der Waals surface area contributed by atoms with E-state index in [1.807, 2.05) is 36.4 Å². The zero-order valence-corrected chi connectivity index (χ0v) is 33.5. The summed E-state index contributed by atoms with van der Waals surface area (Å²) in [5.74, 6) is 1.69. The van der Waals surface area contributed by atoms with Crippen LogP contribution < -0.4 is 18.9 Å². The zero-order valence-electron chi connectivity index (χ0n) is 33.5. The van der Waals surface area contributed by atoms with Gasteiger partial charge in [0.15, 0.2) is 23.0 Å². The number of nitrogens with zero attached hydrogens (tertiary/aromatic N) is 2. The Labute approximate surface area is 335 Å². The van der Waals surface area contributed by atoms with E-state index in [0.29, 0.717) is 61.7 Å². The maximum Gasteiger partial charge on any atom is 0.331 e. The second kappa shape index (κ2) is 19.7. The molecular formula is C44H58N2O11+2. The standard InChI is InChI=1S/C44H58N2O11/c1-45(15-12-34-27-35(30-47)36(31-48)28-37(34)38(45)24-32-6-8-39(51-2)41(25-32)52-3)13-4-18-56-43(49)10-11-44(50)57-19-5-14-46(16-20-53-21-17-46)29-33-7-9-40-42(26-33)55-23-22-54-40/h6-11,25-28,38,47-48H,4-5,12-24,29-31H2,1-3H3/q+2/b11-10-/t38-,45-/m1/s1. The quantitative estimate of drug-likeness (QED) is 0.0830. The molecule has 2 atom stereocenters. The van der Waals surface area contributed by atoms with Crippen molar-refractivity contribution in [2.75, 3.05) is 93.6 Å². The van der Waals surface area contributed by atoms with Gasteiger partial charge in [-0.05, 0) is 58.7 Å². The van der Waals surface area contributed by atoms with Gasteiger partial charge in [0, 0.05) is 49.0 Å². The monoisotopic (exact) mass is 790 g/mol. The fraction of sp³-hybridized carbons (Fsp3) is 0.500. The number of likely N-dealkylation sites (N-methyl/N-ethyl adjacent to an activating group) is 1. The van der Waals surface area contributed by atoms with E-state index in [4.69, 9.17) is 33.2 Å². The molecule has 0 bridgehead atoms. The number of carbonyl (C=O) groups excluding carboxylic acids is 2. The molecule has 13 heteroatoms. The Kier molecular flexibility index (Phi) is 14.5. The van der Waals surface area contributed by atoms with Gasteiger partial charge in [0.1, 0.15) is 38.9 Å². The highest BCUT2D eigenvalue weighted by Gasteiger charge is 2.39. The molecule has 13 nitrogen and oxygen atoms in total. The van der Waals surface area contributed by atoms with E-state index in [2.05, 4.69) is 19.2 Å². The van der Waals surface area contributed by atoms with Crippen LogP contribution in [0.4, 0.5) is 0 Å². The molecule has 0 saturated carbocycles. The molecule has 0 unspecified atom stereocenters. The lowest BCUT2D eigenvalue weighted by atomic mass is 9.84.